The van der Waals surface area contributed by atoms with E-state index in [1.165, 1.54) is 31.4 Å². The fourth-order valence-electron chi connectivity index (χ4n) is 4.76. The minimum Gasteiger partial charge on any atom is -0.343 e. The Morgan fingerprint density at radius 1 is 1.20 bits per heavy atom. The predicted octanol–water partition coefficient (Wildman–Crippen LogP) is 4.76. The monoisotopic (exact) mass is 407 g/mol. The van der Waals surface area contributed by atoms with E-state index in [1.807, 2.05) is 18.2 Å². The first-order chi connectivity index (χ1) is 14.7. The van der Waals surface area contributed by atoms with Crippen molar-refractivity contribution in [3.8, 4) is 0 Å². The lowest BCUT2D eigenvalue weighted by molar-refractivity contribution is 0.0863. The van der Waals surface area contributed by atoms with E-state index in [9.17, 15) is 9.18 Å². The van der Waals surface area contributed by atoms with Crippen LogP contribution in [-0.4, -0.2) is 35.4 Å². The summed E-state index contributed by atoms with van der Waals surface area (Å²) in [6.45, 7) is 3.18. The summed E-state index contributed by atoms with van der Waals surface area (Å²) >= 11 is 0. The molecule has 1 N–H and O–H groups in total. The number of hydrogen-bond acceptors (Lipinski definition) is 3. The number of hydrogen-bond donors (Lipinski definition) is 1. The smallest absolute Gasteiger partial charge is 0.251 e. The predicted molar refractivity (Wildman–Crippen MR) is 116 cm³/mol. The lowest BCUT2D eigenvalue weighted by atomic mass is 9.86. The molecule has 0 radical (unpaired) electrons. The zero-order chi connectivity index (χ0) is 20.8. The Bertz CT molecular complexity index is 870. The van der Waals surface area contributed by atoms with Crippen LogP contribution in [0.4, 0.5) is 4.39 Å². The van der Waals surface area contributed by atoms with E-state index in [0.29, 0.717) is 5.56 Å². The van der Waals surface area contributed by atoms with Gasteiger partial charge in [0, 0.05) is 24.8 Å². The third-order valence-corrected chi connectivity index (χ3v) is 6.29. The van der Waals surface area contributed by atoms with Crippen LogP contribution in [0.2, 0.25) is 0 Å². The van der Waals surface area contributed by atoms with Crippen molar-refractivity contribution in [1.82, 2.24) is 15.2 Å². The Hall–Kier alpha value is -2.53. The SMILES string of the molecule is O=C(N[C@H](c1ccccn1)[C@@H]1CCCN(C[C@H]2CC=CCC2)C1)c1cccc(F)c1. The fourth-order valence-corrected chi connectivity index (χ4v) is 4.76. The quantitative estimate of drug-likeness (QED) is 0.702. The van der Waals surface area contributed by atoms with Gasteiger partial charge in [-0.05, 0) is 80.8 Å². The zero-order valence-corrected chi connectivity index (χ0v) is 17.3. The first kappa shape index (κ1) is 20.7. The molecule has 1 aromatic heterocycles. The molecule has 3 atom stereocenters. The Morgan fingerprint density at radius 2 is 2.13 bits per heavy atom. The molecule has 0 unspecified atom stereocenters. The molecule has 1 aliphatic carbocycles. The number of nitrogens with zero attached hydrogens (tertiary/aromatic N) is 2. The van der Waals surface area contributed by atoms with Gasteiger partial charge in [-0.25, -0.2) is 4.39 Å². The first-order valence-electron chi connectivity index (χ1n) is 11.0. The Labute approximate surface area is 178 Å². The van der Waals surface area contributed by atoms with E-state index in [1.54, 1.807) is 18.3 Å². The van der Waals surface area contributed by atoms with Crippen LogP contribution in [-0.2, 0) is 0 Å². The van der Waals surface area contributed by atoms with Crippen LogP contribution in [0.25, 0.3) is 0 Å². The summed E-state index contributed by atoms with van der Waals surface area (Å²) in [5, 5.41) is 3.16. The maximum absolute atomic E-state index is 13.6. The van der Waals surface area contributed by atoms with Gasteiger partial charge in [-0.1, -0.05) is 24.3 Å². The summed E-state index contributed by atoms with van der Waals surface area (Å²) in [6.07, 6.45) is 12.1. The summed E-state index contributed by atoms with van der Waals surface area (Å²) in [5.74, 6) is 0.358. The molecule has 1 saturated heterocycles. The molecule has 0 saturated carbocycles. The minimum atomic E-state index is -0.401. The van der Waals surface area contributed by atoms with Gasteiger partial charge in [0.15, 0.2) is 0 Å². The summed E-state index contributed by atoms with van der Waals surface area (Å²) < 4.78 is 13.6. The van der Waals surface area contributed by atoms with Gasteiger partial charge >= 0.3 is 0 Å². The van der Waals surface area contributed by atoms with Crippen LogP contribution in [0.3, 0.4) is 0 Å². The number of pyridine rings is 1. The van der Waals surface area contributed by atoms with Gasteiger partial charge in [0.05, 0.1) is 11.7 Å². The van der Waals surface area contributed by atoms with Gasteiger partial charge in [0.2, 0.25) is 0 Å². The van der Waals surface area contributed by atoms with E-state index in [2.05, 4.69) is 27.4 Å². The van der Waals surface area contributed by atoms with E-state index < -0.39 is 5.82 Å². The third kappa shape index (κ3) is 5.33. The lowest BCUT2D eigenvalue weighted by Crippen LogP contribution is -2.44. The van der Waals surface area contributed by atoms with Crippen LogP contribution in [0, 0.1) is 17.7 Å². The molecule has 1 fully saturated rings. The average Bonchev–Trinajstić information content (AvgIpc) is 2.79. The maximum Gasteiger partial charge on any atom is 0.251 e. The number of rotatable bonds is 6. The Balaban J connectivity index is 1.49. The number of piperidine rings is 1. The first-order valence-corrected chi connectivity index (χ1v) is 11.0. The molecule has 1 aliphatic heterocycles. The highest BCUT2D eigenvalue weighted by Crippen LogP contribution is 2.31. The van der Waals surface area contributed by atoms with Crippen molar-refractivity contribution in [3.05, 3.63) is 77.9 Å². The third-order valence-electron chi connectivity index (χ3n) is 6.29. The topological polar surface area (TPSA) is 45.2 Å². The van der Waals surface area contributed by atoms with Crippen molar-refractivity contribution in [1.29, 1.82) is 0 Å². The van der Waals surface area contributed by atoms with Crippen LogP contribution in [0.5, 0.6) is 0 Å². The van der Waals surface area contributed by atoms with Gasteiger partial charge in [-0.15, -0.1) is 0 Å². The van der Waals surface area contributed by atoms with Crippen LogP contribution >= 0.6 is 0 Å². The number of amides is 1. The number of aromatic nitrogens is 1. The van der Waals surface area contributed by atoms with E-state index in [0.717, 1.165) is 44.1 Å². The van der Waals surface area contributed by atoms with E-state index >= 15 is 0 Å². The van der Waals surface area contributed by atoms with Crippen molar-refractivity contribution in [2.24, 2.45) is 11.8 Å². The molecule has 0 bridgehead atoms. The molecule has 0 spiro atoms. The molecule has 1 aromatic carbocycles. The minimum absolute atomic E-state index is 0.184. The number of halogens is 1. The summed E-state index contributed by atoms with van der Waals surface area (Å²) in [7, 11) is 0. The van der Waals surface area contributed by atoms with E-state index in [4.69, 9.17) is 0 Å². The summed E-state index contributed by atoms with van der Waals surface area (Å²) in [5.41, 5.74) is 1.22. The largest absolute Gasteiger partial charge is 0.343 e. The van der Waals surface area contributed by atoms with Crippen molar-refractivity contribution < 1.29 is 9.18 Å². The normalized spacial score (nSPS) is 23.1. The molecule has 2 heterocycles. The van der Waals surface area contributed by atoms with Crippen molar-refractivity contribution in [2.45, 2.75) is 38.1 Å². The molecule has 4 rings (SSSR count). The number of carbonyl (C=O) groups is 1. The molecule has 5 heteroatoms. The zero-order valence-electron chi connectivity index (χ0n) is 17.3. The van der Waals surface area contributed by atoms with Gasteiger partial charge in [-0.3, -0.25) is 9.78 Å². The van der Waals surface area contributed by atoms with Crippen LogP contribution in [0.15, 0.2) is 60.8 Å². The number of allylic oxidation sites excluding steroid dienone is 2. The lowest BCUT2D eigenvalue weighted by Gasteiger charge is -2.38. The number of likely N-dealkylation sites (tertiary alicyclic amines) is 1. The second-order valence-corrected chi connectivity index (χ2v) is 8.53. The molecule has 2 aromatic rings. The molecular weight excluding hydrogens is 377 g/mol. The highest BCUT2D eigenvalue weighted by molar-refractivity contribution is 5.94. The maximum atomic E-state index is 13.6. The van der Waals surface area contributed by atoms with Gasteiger partial charge in [-0.2, -0.15) is 0 Å². The van der Waals surface area contributed by atoms with Crippen LogP contribution in [0.1, 0.15) is 54.2 Å². The molecule has 30 heavy (non-hydrogen) atoms. The molecule has 2 aliphatic rings. The van der Waals surface area contributed by atoms with E-state index in [-0.39, 0.29) is 17.9 Å². The number of benzene rings is 1. The highest BCUT2D eigenvalue weighted by atomic mass is 19.1. The highest BCUT2D eigenvalue weighted by Gasteiger charge is 2.31. The fraction of sp³-hybridized carbons (Fsp3) is 0.440. The van der Waals surface area contributed by atoms with Gasteiger partial charge in [0.1, 0.15) is 5.82 Å². The van der Waals surface area contributed by atoms with Crippen LogP contribution < -0.4 is 5.32 Å². The van der Waals surface area contributed by atoms with Crippen molar-refractivity contribution in [3.63, 3.8) is 0 Å². The Kier molecular flexibility index (Phi) is 6.90. The number of nitrogens with one attached hydrogen (secondary N) is 1. The second-order valence-electron chi connectivity index (χ2n) is 8.53. The molecule has 1 amide bonds. The molecule has 4 nitrogen and oxygen atoms in total. The second kappa shape index (κ2) is 9.98. The Morgan fingerprint density at radius 3 is 2.90 bits per heavy atom. The van der Waals surface area contributed by atoms with Gasteiger partial charge < -0.3 is 10.2 Å². The molecular formula is C25H30FN3O. The van der Waals surface area contributed by atoms with Crippen molar-refractivity contribution in [2.75, 3.05) is 19.6 Å². The molecule has 158 valence electrons. The number of carbonyl (C=O) groups excluding carboxylic acids is 1. The van der Waals surface area contributed by atoms with Crippen molar-refractivity contribution >= 4 is 5.91 Å². The summed E-state index contributed by atoms with van der Waals surface area (Å²) in [6, 6.07) is 11.5. The van der Waals surface area contributed by atoms with Gasteiger partial charge in [0.25, 0.3) is 5.91 Å². The standard InChI is InChI=1S/C25H30FN3O/c26-22-12-6-10-20(16-22)25(30)28-24(23-13-4-5-14-27-23)21-11-7-15-29(18-21)17-19-8-2-1-3-9-19/h1-2,4-6,10,12-14,16,19,21,24H,3,7-9,11,15,17-18H2,(H,28,30)/t19-,21+,24-/m0/s1. The average molecular weight is 408 g/mol. The summed E-state index contributed by atoms with van der Waals surface area (Å²) in [4.78, 5) is 20.0.